The Hall–Kier alpha value is -2.76. The van der Waals surface area contributed by atoms with Crippen molar-refractivity contribution < 1.29 is 14.3 Å². The van der Waals surface area contributed by atoms with Crippen LogP contribution in [0.3, 0.4) is 0 Å². The van der Waals surface area contributed by atoms with Crippen molar-refractivity contribution in [3.05, 3.63) is 76.3 Å². The Bertz CT molecular complexity index is 1060. The quantitative estimate of drug-likeness (QED) is 0.511. The van der Waals surface area contributed by atoms with Gasteiger partial charge in [0.1, 0.15) is 11.8 Å². The molecule has 0 bridgehead atoms. The maximum absolute atomic E-state index is 13.2. The monoisotopic (exact) mass is 458 g/mol. The Balaban J connectivity index is 1.87. The number of benzene rings is 3. The Morgan fingerprint density at radius 2 is 1.65 bits per heavy atom. The minimum atomic E-state index is -0.680. The van der Waals surface area contributed by atoms with Crippen molar-refractivity contribution in [2.75, 3.05) is 13.7 Å². The van der Waals surface area contributed by atoms with Gasteiger partial charge in [0.25, 0.3) is 5.91 Å². The van der Waals surface area contributed by atoms with Crippen LogP contribution < -0.4 is 10.1 Å². The number of likely N-dealkylation sites (N-methyl/N-ethyl adjacent to an activating group) is 1. The molecule has 1 N–H and O–H groups in total. The third-order valence-electron chi connectivity index (χ3n) is 5.12. The number of fused-ring (bicyclic) bond motifs is 1. The number of ether oxygens (including phenoxy) is 1. The molecule has 3 aromatic rings. The summed E-state index contributed by atoms with van der Waals surface area (Å²) >= 11 is 12.6. The number of carbonyl (C=O) groups is 2. The van der Waals surface area contributed by atoms with Crippen molar-refractivity contribution in [3.8, 4) is 5.75 Å². The van der Waals surface area contributed by atoms with Crippen LogP contribution in [0, 0.1) is 0 Å². The Morgan fingerprint density at radius 1 is 1.00 bits per heavy atom. The second kappa shape index (κ2) is 10.5. The first kappa shape index (κ1) is 22.9. The zero-order valence-electron chi connectivity index (χ0n) is 17.4. The van der Waals surface area contributed by atoms with Gasteiger partial charge in [0.15, 0.2) is 6.61 Å². The molecular weight excluding hydrogens is 435 g/mol. The van der Waals surface area contributed by atoms with Gasteiger partial charge in [0.05, 0.1) is 0 Å². The summed E-state index contributed by atoms with van der Waals surface area (Å²) in [6, 6.07) is 17.9. The van der Waals surface area contributed by atoms with E-state index in [-0.39, 0.29) is 25.0 Å². The minimum Gasteiger partial charge on any atom is -0.483 e. The van der Waals surface area contributed by atoms with Crippen LogP contribution in [0.1, 0.15) is 18.9 Å². The molecule has 0 saturated carbocycles. The summed E-state index contributed by atoms with van der Waals surface area (Å²) in [4.78, 5) is 27.2. The van der Waals surface area contributed by atoms with E-state index in [1.165, 1.54) is 4.90 Å². The molecule has 0 aliphatic rings. The first-order valence-electron chi connectivity index (χ1n) is 10.0. The largest absolute Gasteiger partial charge is 0.483 e. The lowest BCUT2D eigenvalue weighted by molar-refractivity contribution is -0.142. The number of hydrogen-bond donors (Lipinski definition) is 1. The number of hydrogen-bond acceptors (Lipinski definition) is 3. The molecular formula is C24H24Cl2N2O3. The third-order valence-corrected chi connectivity index (χ3v) is 5.83. The number of nitrogens with zero attached hydrogens (tertiary/aromatic N) is 1. The van der Waals surface area contributed by atoms with E-state index in [0.29, 0.717) is 27.8 Å². The lowest BCUT2D eigenvalue weighted by Crippen LogP contribution is -2.49. The van der Waals surface area contributed by atoms with E-state index in [0.717, 1.165) is 10.8 Å². The van der Waals surface area contributed by atoms with E-state index in [2.05, 4.69) is 5.32 Å². The van der Waals surface area contributed by atoms with Crippen molar-refractivity contribution in [1.29, 1.82) is 0 Å². The topological polar surface area (TPSA) is 58.6 Å². The van der Waals surface area contributed by atoms with Crippen LogP contribution in [0.4, 0.5) is 0 Å². The van der Waals surface area contributed by atoms with E-state index < -0.39 is 6.04 Å². The number of amides is 2. The molecule has 0 heterocycles. The molecule has 162 valence electrons. The number of halogens is 2. The average molecular weight is 459 g/mol. The standard InChI is InChI=1S/C24H24Cl2N2O3/c1-3-21(24(30)27-2)28(14-18-19(25)11-7-12-20(18)26)23(29)15-31-22-13-6-9-16-8-4-5-10-17(16)22/h4-13,21H,3,14-15H2,1-2H3,(H,27,30)/t21-/m0/s1. The predicted octanol–water partition coefficient (Wildman–Crippen LogP) is 5.08. The van der Waals surface area contributed by atoms with E-state index in [1.54, 1.807) is 25.2 Å². The van der Waals surface area contributed by atoms with Crippen molar-refractivity contribution in [3.63, 3.8) is 0 Å². The van der Waals surface area contributed by atoms with Gasteiger partial charge < -0.3 is 15.0 Å². The maximum atomic E-state index is 13.2. The van der Waals surface area contributed by atoms with Gasteiger partial charge in [-0.05, 0) is 30.0 Å². The molecule has 3 aromatic carbocycles. The minimum absolute atomic E-state index is 0.0994. The molecule has 0 spiro atoms. The van der Waals surface area contributed by atoms with Gasteiger partial charge in [-0.25, -0.2) is 0 Å². The molecule has 0 saturated heterocycles. The molecule has 0 radical (unpaired) electrons. The molecule has 2 amide bonds. The Morgan fingerprint density at radius 3 is 2.32 bits per heavy atom. The second-order valence-electron chi connectivity index (χ2n) is 7.03. The van der Waals surface area contributed by atoms with Crippen LogP contribution in [0.2, 0.25) is 10.0 Å². The van der Waals surface area contributed by atoms with E-state index in [4.69, 9.17) is 27.9 Å². The van der Waals surface area contributed by atoms with Crippen LogP contribution in [-0.2, 0) is 16.1 Å². The highest BCUT2D eigenvalue weighted by Gasteiger charge is 2.29. The first-order valence-corrected chi connectivity index (χ1v) is 10.8. The van der Waals surface area contributed by atoms with Gasteiger partial charge in [-0.3, -0.25) is 9.59 Å². The first-order chi connectivity index (χ1) is 15.0. The van der Waals surface area contributed by atoms with Gasteiger partial charge in [-0.2, -0.15) is 0 Å². The average Bonchev–Trinajstić information content (AvgIpc) is 2.78. The van der Waals surface area contributed by atoms with Crippen LogP contribution in [0.15, 0.2) is 60.7 Å². The van der Waals surface area contributed by atoms with Crippen LogP contribution in [0.5, 0.6) is 5.75 Å². The fraction of sp³-hybridized carbons (Fsp3) is 0.250. The van der Waals surface area contributed by atoms with Gasteiger partial charge in [-0.15, -0.1) is 0 Å². The summed E-state index contributed by atoms with van der Waals surface area (Å²) in [6.45, 7) is 1.73. The predicted molar refractivity (Wildman–Crippen MR) is 125 cm³/mol. The fourth-order valence-electron chi connectivity index (χ4n) is 3.48. The van der Waals surface area contributed by atoms with Crippen molar-refractivity contribution in [1.82, 2.24) is 10.2 Å². The molecule has 5 nitrogen and oxygen atoms in total. The van der Waals surface area contributed by atoms with Crippen molar-refractivity contribution in [2.45, 2.75) is 25.9 Å². The lowest BCUT2D eigenvalue weighted by atomic mass is 10.1. The molecule has 0 aromatic heterocycles. The van der Waals surface area contributed by atoms with Gasteiger partial charge >= 0.3 is 0 Å². The SMILES string of the molecule is CC[C@@H](C(=O)NC)N(Cc1c(Cl)cccc1Cl)C(=O)COc1cccc2ccccc12. The third kappa shape index (κ3) is 5.30. The molecule has 1 atom stereocenters. The number of nitrogens with one attached hydrogen (secondary N) is 1. The zero-order chi connectivity index (χ0) is 22.4. The van der Waals surface area contributed by atoms with Crippen LogP contribution in [0.25, 0.3) is 10.8 Å². The van der Waals surface area contributed by atoms with E-state index in [9.17, 15) is 9.59 Å². The summed E-state index contributed by atoms with van der Waals surface area (Å²) < 4.78 is 5.88. The normalized spacial score (nSPS) is 11.7. The molecule has 3 rings (SSSR count). The Kier molecular flexibility index (Phi) is 7.77. The fourth-order valence-corrected chi connectivity index (χ4v) is 4.00. The lowest BCUT2D eigenvalue weighted by Gasteiger charge is -2.30. The summed E-state index contributed by atoms with van der Waals surface area (Å²) in [5, 5.41) is 5.43. The highest BCUT2D eigenvalue weighted by molar-refractivity contribution is 6.36. The van der Waals surface area contributed by atoms with Gasteiger partial charge in [0.2, 0.25) is 5.91 Å². The highest BCUT2D eigenvalue weighted by atomic mass is 35.5. The molecule has 0 unspecified atom stereocenters. The molecule has 0 fully saturated rings. The molecule has 31 heavy (non-hydrogen) atoms. The van der Waals surface area contributed by atoms with Gasteiger partial charge in [-0.1, -0.05) is 72.6 Å². The van der Waals surface area contributed by atoms with E-state index in [1.807, 2.05) is 49.4 Å². The number of carbonyl (C=O) groups excluding carboxylic acids is 2. The second-order valence-corrected chi connectivity index (χ2v) is 7.84. The number of rotatable bonds is 8. The smallest absolute Gasteiger partial charge is 0.261 e. The molecule has 0 aliphatic carbocycles. The summed E-state index contributed by atoms with van der Waals surface area (Å²) in [6.07, 6.45) is 0.432. The van der Waals surface area contributed by atoms with Crippen LogP contribution >= 0.6 is 23.2 Å². The van der Waals surface area contributed by atoms with E-state index >= 15 is 0 Å². The Labute approximate surface area is 191 Å². The maximum Gasteiger partial charge on any atom is 0.261 e. The van der Waals surface area contributed by atoms with Crippen LogP contribution in [-0.4, -0.2) is 36.4 Å². The van der Waals surface area contributed by atoms with Gasteiger partial charge in [0, 0.05) is 34.6 Å². The summed E-state index contributed by atoms with van der Waals surface area (Å²) in [5.41, 5.74) is 0.590. The zero-order valence-corrected chi connectivity index (χ0v) is 18.9. The summed E-state index contributed by atoms with van der Waals surface area (Å²) in [7, 11) is 1.54. The highest BCUT2D eigenvalue weighted by Crippen LogP contribution is 2.28. The molecule has 7 heteroatoms. The summed E-state index contributed by atoms with van der Waals surface area (Å²) in [5.74, 6) is 0.0127. The van der Waals surface area contributed by atoms with Crippen molar-refractivity contribution >= 4 is 45.8 Å². The van der Waals surface area contributed by atoms with Crippen molar-refractivity contribution in [2.24, 2.45) is 0 Å². The molecule has 0 aliphatic heterocycles.